The first-order valence-corrected chi connectivity index (χ1v) is 13.9. The molecule has 0 bridgehead atoms. The van der Waals surface area contributed by atoms with Crippen LogP contribution < -0.4 is 10.1 Å². The van der Waals surface area contributed by atoms with Crippen molar-refractivity contribution in [2.75, 3.05) is 5.32 Å². The van der Waals surface area contributed by atoms with Gasteiger partial charge in [0.05, 0.1) is 17.9 Å². The van der Waals surface area contributed by atoms with Crippen molar-refractivity contribution in [3.05, 3.63) is 65.9 Å². The fourth-order valence-corrected chi connectivity index (χ4v) is 5.84. The molecule has 1 unspecified atom stereocenters. The summed E-state index contributed by atoms with van der Waals surface area (Å²) >= 11 is 3.09. The van der Waals surface area contributed by atoms with Gasteiger partial charge in [0.25, 0.3) is 5.91 Å². The third kappa shape index (κ3) is 6.66. The third-order valence-corrected chi connectivity index (χ3v) is 8.30. The molecule has 7 nitrogen and oxygen atoms in total. The summed E-state index contributed by atoms with van der Waals surface area (Å²) < 4.78 is 12.1. The number of carboxylic acids is 1. The first-order chi connectivity index (χ1) is 17.5. The zero-order valence-corrected chi connectivity index (χ0v) is 21.4. The van der Waals surface area contributed by atoms with Crippen molar-refractivity contribution < 1.29 is 24.2 Å². The number of aromatic nitrogens is 1. The molecule has 1 atom stereocenters. The molecule has 0 spiro atoms. The summed E-state index contributed by atoms with van der Waals surface area (Å²) in [6.07, 6.45) is 8.82. The molecule has 36 heavy (non-hydrogen) atoms. The van der Waals surface area contributed by atoms with E-state index in [1.165, 1.54) is 53.8 Å². The van der Waals surface area contributed by atoms with Crippen LogP contribution >= 0.6 is 23.1 Å². The number of thioether (sulfide) groups is 1. The lowest BCUT2D eigenvalue weighted by atomic mass is 9.97. The molecule has 2 aliphatic carbocycles. The Labute approximate surface area is 218 Å². The van der Waals surface area contributed by atoms with Gasteiger partial charge in [-0.25, -0.2) is 9.78 Å². The maximum absolute atomic E-state index is 13.4. The highest BCUT2D eigenvalue weighted by atomic mass is 32.2. The number of rotatable bonds is 10. The van der Waals surface area contributed by atoms with E-state index in [9.17, 15) is 9.59 Å². The summed E-state index contributed by atoms with van der Waals surface area (Å²) in [6.45, 7) is 0. The number of nitrogens with zero attached hydrogens (tertiary/aromatic N) is 1. The van der Waals surface area contributed by atoms with Gasteiger partial charge in [0.15, 0.2) is 11.2 Å². The second kappa shape index (κ2) is 11.5. The fourth-order valence-electron chi connectivity index (χ4n) is 4.10. The SMILES string of the molecule is O=C(O)c1ccc(Oc2cnc(NC(=O)C(OC3CCCCC3)c3ccc(SC4CC4)cc3)s2)cc1. The number of ether oxygens (including phenoxy) is 2. The molecule has 3 aromatic rings. The minimum absolute atomic E-state index is 0.0685. The predicted molar refractivity (Wildman–Crippen MR) is 140 cm³/mol. The van der Waals surface area contributed by atoms with E-state index in [1.54, 1.807) is 12.1 Å². The molecule has 2 fully saturated rings. The minimum Gasteiger partial charge on any atom is -0.478 e. The van der Waals surface area contributed by atoms with Crippen molar-refractivity contribution in [1.82, 2.24) is 4.98 Å². The lowest BCUT2D eigenvalue weighted by Crippen LogP contribution is -2.28. The molecule has 1 heterocycles. The third-order valence-electron chi connectivity index (χ3n) is 6.16. The summed E-state index contributed by atoms with van der Waals surface area (Å²) in [6, 6.07) is 14.3. The van der Waals surface area contributed by atoms with Crippen LogP contribution in [0.15, 0.2) is 59.6 Å². The normalized spacial score (nSPS) is 16.9. The zero-order chi connectivity index (χ0) is 24.9. The molecule has 2 saturated carbocycles. The van der Waals surface area contributed by atoms with Gasteiger partial charge >= 0.3 is 5.97 Å². The Morgan fingerprint density at radius 3 is 2.39 bits per heavy atom. The monoisotopic (exact) mass is 524 g/mol. The maximum atomic E-state index is 13.4. The second-order valence-corrected chi connectivity index (χ2v) is 11.4. The Bertz CT molecular complexity index is 1190. The lowest BCUT2D eigenvalue weighted by Gasteiger charge is -2.27. The van der Waals surface area contributed by atoms with Crippen LogP contribution in [-0.2, 0) is 9.53 Å². The standard InChI is InChI=1S/C27H28N2O5S2/c30-25(29-27-28-16-23(36-27)33-20-10-6-18(7-11-20)26(31)32)24(34-19-4-2-1-3-5-19)17-8-12-21(13-9-17)35-22-14-15-22/h6-13,16,19,22,24H,1-5,14-15H2,(H,31,32)(H,28,29,30). The fraction of sp³-hybridized carbons (Fsp3) is 0.370. The molecular weight excluding hydrogens is 496 g/mol. The Morgan fingerprint density at radius 1 is 1.00 bits per heavy atom. The molecule has 188 valence electrons. The summed E-state index contributed by atoms with van der Waals surface area (Å²) in [5.74, 6) is -0.760. The summed E-state index contributed by atoms with van der Waals surface area (Å²) in [5, 5.41) is 13.6. The van der Waals surface area contributed by atoms with Crippen LogP contribution in [0.2, 0.25) is 0 Å². The number of anilines is 1. The van der Waals surface area contributed by atoms with E-state index in [0.29, 0.717) is 15.9 Å². The Morgan fingerprint density at radius 2 is 1.72 bits per heavy atom. The maximum Gasteiger partial charge on any atom is 0.335 e. The van der Waals surface area contributed by atoms with Gasteiger partial charge in [-0.05, 0) is 67.6 Å². The molecule has 5 rings (SSSR count). The number of amides is 1. The van der Waals surface area contributed by atoms with Crippen molar-refractivity contribution in [1.29, 1.82) is 0 Å². The van der Waals surface area contributed by atoms with Crippen molar-refractivity contribution >= 4 is 40.1 Å². The zero-order valence-electron chi connectivity index (χ0n) is 19.7. The molecular formula is C27H28N2O5S2. The average molecular weight is 525 g/mol. The van der Waals surface area contributed by atoms with Gasteiger partial charge in [-0.2, -0.15) is 0 Å². The Kier molecular flexibility index (Phi) is 7.89. The number of hydrogen-bond acceptors (Lipinski definition) is 7. The van der Waals surface area contributed by atoms with Gasteiger partial charge in [-0.1, -0.05) is 42.7 Å². The van der Waals surface area contributed by atoms with E-state index >= 15 is 0 Å². The Hall–Kier alpha value is -2.88. The topological polar surface area (TPSA) is 97.8 Å². The van der Waals surface area contributed by atoms with Gasteiger partial charge in [0.2, 0.25) is 5.06 Å². The van der Waals surface area contributed by atoms with Crippen LogP contribution in [0.3, 0.4) is 0 Å². The van der Waals surface area contributed by atoms with Crippen LogP contribution in [0.1, 0.15) is 67.0 Å². The van der Waals surface area contributed by atoms with Gasteiger partial charge in [0, 0.05) is 10.1 Å². The predicted octanol–water partition coefficient (Wildman–Crippen LogP) is 6.92. The molecule has 0 aliphatic heterocycles. The van der Waals surface area contributed by atoms with Gasteiger partial charge in [-0.3, -0.25) is 10.1 Å². The number of benzene rings is 2. The van der Waals surface area contributed by atoms with Crippen LogP contribution in [0.25, 0.3) is 0 Å². The molecule has 2 aliphatic rings. The minimum atomic E-state index is -0.995. The molecule has 2 aromatic carbocycles. The van der Waals surface area contributed by atoms with E-state index in [-0.39, 0.29) is 17.6 Å². The van der Waals surface area contributed by atoms with Gasteiger partial charge < -0.3 is 14.6 Å². The quantitative estimate of drug-likeness (QED) is 0.297. The number of carboxylic acid groups (broad SMARTS) is 1. The number of aromatic carboxylic acids is 1. The number of carbonyl (C=O) groups excluding carboxylic acids is 1. The second-order valence-electron chi connectivity index (χ2n) is 9.07. The highest BCUT2D eigenvalue weighted by molar-refractivity contribution is 8.00. The summed E-state index contributed by atoms with van der Waals surface area (Å²) in [7, 11) is 0. The van der Waals surface area contributed by atoms with Crippen molar-refractivity contribution in [2.45, 2.75) is 67.3 Å². The van der Waals surface area contributed by atoms with E-state index in [4.69, 9.17) is 14.6 Å². The van der Waals surface area contributed by atoms with Crippen LogP contribution in [-0.4, -0.2) is 33.3 Å². The smallest absolute Gasteiger partial charge is 0.335 e. The highest BCUT2D eigenvalue weighted by Gasteiger charge is 2.28. The summed E-state index contributed by atoms with van der Waals surface area (Å²) in [4.78, 5) is 29.9. The van der Waals surface area contributed by atoms with Crippen LogP contribution in [0.5, 0.6) is 10.8 Å². The molecule has 2 N–H and O–H groups in total. The Balaban J connectivity index is 1.26. The first kappa shape index (κ1) is 24.8. The summed E-state index contributed by atoms with van der Waals surface area (Å²) in [5.41, 5.74) is 1.02. The molecule has 0 radical (unpaired) electrons. The molecule has 0 saturated heterocycles. The van der Waals surface area contributed by atoms with E-state index in [0.717, 1.165) is 36.5 Å². The van der Waals surface area contributed by atoms with Crippen LogP contribution in [0, 0.1) is 0 Å². The van der Waals surface area contributed by atoms with Crippen molar-refractivity contribution in [3.63, 3.8) is 0 Å². The lowest BCUT2D eigenvalue weighted by molar-refractivity contribution is -0.133. The number of hydrogen-bond donors (Lipinski definition) is 2. The number of nitrogens with one attached hydrogen (secondary N) is 1. The molecule has 9 heteroatoms. The van der Waals surface area contributed by atoms with Gasteiger partial charge in [0.1, 0.15) is 5.75 Å². The highest BCUT2D eigenvalue weighted by Crippen LogP contribution is 2.39. The van der Waals surface area contributed by atoms with Crippen molar-refractivity contribution in [2.24, 2.45) is 0 Å². The van der Waals surface area contributed by atoms with Crippen molar-refractivity contribution in [3.8, 4) is 10.8 Å². The average Bonchev–Trinajstić information content (AvgIpc) is 3.61. The number of carbonyl (C=O) groups is 2. The largest absolute Gasteiger partial charge is 0.478 e. The van der Waals surface area contributed by atoms with Gasteiger partial charge in [-0.15, -0.1) is 11.8 Å². The van der Waals surface area contributed by atoms with E-state index < -0.39 is 12.1 Å². The molecule has 1 aromatic heterocycles. The van der Waals surface area contributed by atoms with E-state index in [2.05, 4.69) is 22.4 Å². The van der Waals surface area contributed by atoms with Crippen LogP contribution in [0.4, 0.5) is 5.13 Å². The molecule has 1 amide bonds. The first-order valence-electron chi connectivity index (χ1n) is 12.2. The van der Waals surface area contributed by atoms with E-state index in [1.807, 2.05) is 23.9 Å². The number of thiazole rings is 1.